The number of carbonyl (C=O) groups is 1. The van der Waals surface area contributed by atoms with Crippen LogP contribution in [0.25, 0.3) is 0 Å². The molecule has 1 heterocycles. The smallest absolute Gasteiger partial charge is 0.266 e. The third-order valence-corrected chi connectivity index (χ3v) is 4.31. The molecule has 0 spiro atoms. The Bertz CT molecular complexity index is 781. The van der Waals surface area contributed by atoms with Crippen molar-refractivity contribution in [2.24, 2.45) is 0 Å². The third-order valence-electron chi connectivity index (χ3n) is 3.30. The highest BCUT2D eigenvalue weighted by Crippen LogP contribution is 2.26. The third kappa shape index (κ3) is 3.18. The largest absolute Gasteiger partial charge is 0.354 e. The molecule has 0 aliphatic rings. The van der Waals surface area contributed by atoms with Crippen LogP contribution in [0.1, 0.15) is 15.2 Å². The fourth-order valence-electron chi connectivity index (χ4n) is 2.16. The molecule has 110 valence electrons. The standard InChI is InChI=1S/C18H16N2OS/c1-13-11-12-22-17(13)18(21)20-16-10-6-5-9-15(16)19-14-7-3-2-4-8-14/h2-12,19H,1H3,(H,20,21). The van der Waals surface area contributed by atoms with Crippen LogP contribution >= 0.6 is 11.3 Å². The van der Waals surface area contributed by atoms with E-state index in [0.29, 0.717) is 0 Å². The predicted octanol–water partition coefficient (Wildman–Crippen LogP) is 5.05. The molecule has 2 N–H and O–H groups in total. The molecule has 1 aromatic heterocycles. The predicted molar refractivity (Wildman–Crippen MR) is 93.2 cm³/mol. The molecule has 3 nitrogen and oxygen atoms in total. The first-order valence-electron chi connectivity index (χ1n) is 7.00. The summed E-state index contributed by atoms with van der Waals surface area (Å²) in [5.74, 6) is -0.0742. The van der Waals surface area contributed by atoms with Crippen molar-refractivity contribution in [3.8, 4) is 0 Å². The topological polar surface area (TPSA) is 41.1 Å². The van der Waals surface area contributed by atoms with E-state index in [1.54, 1.807) is 0 Å². The van der Waals surface area contributed by atoms with Gasteiger partial charge < -0.3 is 10.6 Å². The van der Waals surface area contributed by atoms with Crippen molar-refractivity contribution in [1.82, 2.24) is 0 Å². The van der Waals surface area contributed by atoms with Crippen LogP contribution in [0.5, 0.6) is 0 Å². The van der Waals surface area contributed by atoms with E-state index < -0.39 is 0 Å². The first-order valence-corrected chi connectivity index (χ1v) is 7.88. The number of carbonyl (C=O) groups excluding carboxylic acids is 1. The number of rotatable bonds is 4. The zero-order chi connectivity index (χ0) is 15.4. The Morgan fingerprint density at radius 2 is 1.59 bits per heavy atom. The molecule has 0 aliphatic heterocycles. The minimum absolute atomic E-state index is 0.0742. The Hall–Kier alpha value is -2.59. The summed E-state index contributed by atoms with van der Waals surface area (Å²) >= 11 is 1.45. The molecular formula is C18H16N2OS. The van der Waals surface area contributed by atoms with E-state index in [4.69, 9.17) is 0 Å². The molecule has 0 saturated carbocycles. The zero-order valence-corrected chi connectivity index (χ0v) is 13.0. The number of thiophene rings is 1. The molecule has 0 bridgehead atoms. The van der Waals surface area contributed by atoms with Gasteiger partial charge in [0.25, 0.3) is 5.91 Å². The lowest BCUT2D eigenvalue weighted by Gasteiger charge is -2.13. The highest BCUT2D eigenvalue weighted by atomic mass is 32.1. The maximum absolute atomic E-state index is 12.4. The second-order valence-electron chi connectivity index (χ2n) is 4.92. The van der Waals surface area contributed by atoms with Gasteiger partial charge in [-0.1, -0.05) is 30.3 Å². The minimum atomic E-state index is -0.0742. The first-order chi connectivity index (χ1) is 10.7. The Morgan fingerprint density at radius 3 is 2.27 bits per heavy atom. The quantitative estimate of drug-likeness (QED) is 0.708. The van der Waals surface area contributed by atoms with E-state index in [0.717, 1.165) is 27.5 Å². The second kappa shape index (κ2) is 6.45. The second-order valence-corrected chi connectivity index (χ2v) is 5.84. The molecule has 3 aromatic rings. The van der Waals surface area contributed by atoms with Crippen LogP contribution < -0.4 is 10.6 Å². The molecule has 0 saturated heterocycles. The van der Waals surface area contributed by atoms with Crippen molar-refractivity contribution in [3.63, 3.8) is 0 Å². The van der Waals surface area contributed by atoms with Crippen LogP contribution in [0, 0.1) is 6.92 Å². The normalized spacial score (nSPS) is 10.2. The maximum atomic E-state index is 12.4. The van der Waals surface area contributed by atoms with Gasteiger partial charge in [0.2, 0.25) is 0 Å². The molecular weight excluding hydrogens is 292 g/mol. The van der Waals surface area contributed by atoms with Gasteiger partial charge in [0, 0.05) is 5.69 Å². The molecule has 22 heavy (non-hydrogen) atoms. The monoisotopic (exact) mass is 308 g/mol. The Morgan fingerprint density at radius 1 is 0.909 bits per heavy atom. The number of para-hydroxylation sites is 3. The van der Waals surface area contributed by atoms with E-state index in [1.165, 1.54) is 11.3 Å². The van der Waals surface area contributed by atoms with Crippen LogP contribution in [0.4, 0.5) is 17.1 Å². The summed E-state index contributed by atoms with van der Waals surface area (Å²) in [4.78, 5) is 13.1. The number of nitrogens with one attached hydrogen (secondary N) is 2. The van der Waals surface area contributed by atoms with Crippen molar-refractivity contribution < 1.29 is 4.79 Å². The van der Waals surface area contributed by atoms with E-state index in [1.807, 2.05) is 73.0 Å². The summed E-state index contributed by atoms with van der Waals surface area (Å²) in [6.45, 7) is 1.94. The van der Waals surface area contributed by atoms with Crippen molar-refractivity contribution in [3.05, 3.63) is 76.5 Å². The lowest BCUT2D eigenvalue weighted by atomic mass is 10.2. The zero-order valence-electron chi connectivity index (χ0n) is 12.2. The number of amides is 1. The molecule has 3 rings (SSSR count). The van der Waals surface area contributed by atoms with Gasteiger partial charge in [0.05, 0.1) is 16.3 Å². The number of hydrogen-bond acceptors (Lipinski definition) is 3. The summed E-state index contributed by atoms with van der Waals surface area (Å²) in [6, 6.07) is 19.5. The first kappa shape index (κ1) is 14.4. The number of aryl methyl sites for hydroxylation is 1. The van der Waals surface area contributed by atoms with Gasteiger partial charge in [-0.25, -0.2) is 0 Å². The van der Waals surface area contributed by atoms with Crippen LogP contribution in [-0.2, 0) is 0 Å². The van der Waals surface area contributed by atoms with Crippen LogP contribution in [0.2, 0.25) is 0 Å². The van der Waals surface area contributed by atoms with Crippen molar-refractivity contribution in [2.45, 2.75) is 6.92 Å². The molecule has 0 radical (unpaired) electrons. The lowest BCUT2D eigenvalue weighted by molar-refractivity contribution is 0.103. The molecule has 0 fully saturated rings. The van der Waals surface area contributed by atoms with Gasteiger partial charge >= 0.3 is 0 Å². The SMILES string of the molecule is Cc1ccsc1C(=O)Nc1ccccc1Nc1ccccc1. The van der Waals surface area contributed by atoms with Crippen LogP contribution in [0.15, 0.2) is 66.0 Å². The molecule has 0 aliphatic carbocycles. The van der Waals surface area contributed by atoms with Crippen molar-refractivity contribution in [1.29, 1.82) is 0 Å². The Balaban J connectivity index is 1.83. The number of hydrogen-bond donors (Lipinski definition) is 2. The van der Waals surface area contributed by atoms with Gasteiger partial charge in [-0.05, 0) is 48.2 Å². The van der Waals surface area contributed by atoms with Crippen molar-refractivity contribution >= 4 is 34.3 Å². The van der Waals surface area contributed by atoms with Gasteiger partial charge in [0.15, 0.2) is 0 Å². The van der Waals surface area contributed by atoms with E-state index in [9.17, 15) is 4.79 Å². The Labute approximate surface area is 133 Å². The Kier molecular flexibility index (Phi) is 4.21. The van der Waals surface area contributed by atoms with Gasteiger partial charge in [-0.15, -0.1) is 11.3 Å². The van der Waals surface area contributed by atoms with E-state index in [-0.39, 0.29) is 5.91 Å². The molecule has 1 amide bonds. The van der Waals surface area contributed by atoms with Crippen LogP contribution in [-0.4, -0.2) is 5.91 Å². The van der Waals surface area contributed by atoms with Gasteiger partial charge in [0.1, 0.15) is 0 Å². The maximum Gasteiger partial charge on any atom is 0.266 e. The van der Waals surface area contributed by atoms with Crippen LogP contribution in [0.3, 0.4) is 0 Å². The number of anilines is 3. The average Bonchev–Trinajstić information content (AvgIpc) is 2.96. The lowest BCUT2D eigenvalue weighted by Crippen LogP contribution is -2.12. The van der Waals surface area contributed by atoms with E-state index >= 15 is 0 Å². The molecule has 0 atom stereocenters. The highest BCUT2D eigenvalue weighted by molar-refractivity contribution is 7.12. The summed E-state index contributed by atoms with van der Waals surface area (Å²) < 4.78 is 0. The molecule has 0 unspecified atom stereocenters. The van der Waals surface area contributed by atoms with E-state index in [2.05, 4.69) is 10.6 Å². The van der Waals surface area contributed by atoms with Gasteiger partial charge in [-0.3, -0.25) is 4.79 Å². The van der Waals surface area contributed by atoms with Crippen molar-refractivity contribution in [2.75, 3.05) is 10.6 Å². The molecule has 4 heteroatoms. The summed E-state index contributed by atoms with van der Waals surface area (Å²) in [5.41, 5.74) is 3.62. The molecule has 2 aromatic carbocycles. The summed E-state index contributed by atoms with van der Waals surface area (Å²) in [5, 5.41) is 8.24. The highest BCUT2D eigenvalue weighted by Gasteiger charge is 2.12. The number of benzene rings is 2. The summed E-state index contributed by atoms with van der Waals surface area (Å²) in [7, 11) is 0. The average molecular weight is 308 g/mol. The minimum Gasteiger partial charge on any atom is -0.354 e. The van der Waals surface area contributed by atoms with Gasteiger partial charge in [-0.2, -0.15) is 0 Å². The fourth-order valence-corrected chi connectivity index (χ4v) is 2.98. The fraction of sp³-hybridized carbons (Fsp3) is 0.0556. The summed E-state index contributed by atoms with van der Waals surface area (Å²) in [6.07, 6.45) is 0.